The van der Waals surface area contributed by atoms with E-state index in [2.05, 4.69) is 9.97 Å². The molecular weight excluding hydrogens is 323 g/mol. The van der Waals surface area contributed by atoms with Gasteiger partial charge in [0.2, 0.25) is 11.8 Å². The monoisotopic (exact) mass is 332 g/mol. The van der Waals surface area contributed by atoms with Crippen LogP contribution in [0.3, 0.4) is 0 Å². The molecule has 1 heterocycles. The summed E-state index contributed by atoms with van der Waals surface area (Å²) in [5.74, 6) is -1.30. The molecule has 1 aromatic heterocycles. The Kier molecular flexibility index (Phi) is 4.14. The van der Waals surface area contributed by atoms with E-state index in [1.165, 1.54) is 25.3 Å². The third kappa shape index (κ3) is 3.31. The molecule has 0 saturated carbocycles. The normalized spacial score (nSPS) is 11.2. The number of nitrogens with one attached hydrogen (secondary N) is 1. The number of halogens is 2. The predicted octanol–water partition coefficient (Wildman–Crippen LogP) is 1.66. The average molecular weight is 333 g/mol. The molecule has 2 aromatic rings. The molecule has 2 rings (SSSR count). The Morgan fingerprint density at radius 2 is 2.10 bits per heavy atom. The highest BCUT2D eigenvalue weighted by atomic mass is 35.5. The summed E-state index contributed by atoms with van der Waals surface area (Å²) < 4.78 is 44.8. The van der Waals surface area contributed by atoms with E-state index >= 15 is 0 Å². The van der Waals surface area contributed by atoms with Gasteiger partial charge in [0.05, 0.1) is 12.8 Å². The first-order valence-corrected chi connectivity index (χ1v) is 7.35. The molecule has 0 atom stereocenters. The molecule has 7 nitrogen and oxygen atoms in total. The standard InChI is InChI=1S/C11H10ClFN4O3S/c1-20-9-5-8(12)15-11(16-9)17-21(18,19)10-6(13)3-2-4-7(10)14/h2-5H,14H2,1H3,(H,15,16,17). The van der Waals surface area contributed by atoms with Gasteiger partial charge in [0, 0.05) is 6.07 Å². The van der Waals surface area contributed by atoms with E-state index in [-0.39, 0.29) is 22.7 Å². The van der Waals surface area contributed by atoms with Crippen molar-refractivity contribution in [1.29, 1.82) is 0 Å². The van der Waals surface area contributed by atoms with Crippen LogP contribution >= 0.6 is 11.6 Å². The third-order valence-corrected chi connectivity index (χ3v) is 3.99. The van der Waals surface area contributed by atoms with Crippen LogP contribution < -0.4 is 15.2 Å². The second kappa shape index (κ2) is 5.70. The van der Waals surface area contributed by atoms with E-state index in [0.717, 1.165) is 6.07 Å². The minimum Gasteiger partial charge on any atom is -0.481 e. The van der Waals surface area contributed by atoms with Crippen LogP contribution in [-0.2, 0) is 10.0 Å². The number of aromatic nitrogens is 2. The van der Waals surface area contributed by atoms with Crippen LogP contribution in [0.2, 0.25) is 5.15 Å². The molecule has 0 spiro atoms. The molecule has 0 radical (unpaired) electrons. The summed E-state index contributed by atoms with van der Waals surface area (Å²) in [6.45, 7) is 0. The maximum atomic E-state index is 13.7. The van der Waals surface area contributed by atoms with E-state index in [1.807, 2.05) is 4.72 Å². The van der Waals surface area contributed by atoms with Crippen molar-refractivity contribution in [2.75, 3.05) is 17.6 Å². The molecule has 0 aliphatic heterocycles. The van der Waals surface area contributed by atoms with E-state index in [1.54, 1.807) is 0 Å². The Morgan fingerprint density at radius 3 is 2.71 bits per heavy atom. The van der Waals surface area contributed by atoms with Crippen LogP contribution in [0.25, 0.3) is 0 Å². The Bertz CT molecular complexity index is 765. The Balaban J connectivity index is 2.45. The van der Waals surface area contributed by atoms with E-state index < -0.39 is 20.7 Å². The van der Waals surface area contributed by atoms with Crippen molar-refractivity contribution in [2.24, 2.45) is 0 Å². The zero-order valence-corrected chi connectivity index (χ0v) is 12.2. The number of methoxy groups -OCH3 is 1. The molecule has 10 heteroatoms. The maximum absolute atomic E-state index is 13.7. The van der Waals surface area contributed by atoms with Crippen LogP contribution in [0, 0.1) is 5.82 Å². The van der Waals surface area contributed by atoms with Crippen molar-refractivity contribution < 1.29 is 17.5 Å². The number of nitrogens with zero attached hydrogens (tertiary/aromatic N) is 2. The molecule has 0 aliphatic carbocycles. The van der Waals surface area contributed by atoms with Crippen molar-refractivity contribution >= 4 is 33.3 Å². The number of sulfonamides is 1. The number of benzene rings is 1. The fourth-order valence-electron chi connectivity index (χ4n) is 1.53. The largest absolute Gasteiger partial charge is 0.481 e. The van der Waals surface area contributed by atoms with Gasteiger partial charge in [-0.2, -0.15) is 4.98 Å². The van der Waals surface area contributed by atoms with Gasteiger partial charge in [0.15, 0.2) is 0 Å². The molecule has 21 heavy (non-hydrogen) atoms. The number of ether oxygens (including phenoxy) is 1. The summed E-state index contributed by atoms with van der Waals surface area (Å²) >= 11 is 5.70. The molecule has 0 bridgehead atoms. The molecule has 1 aromatic carbocycles. The molecule has 0 fully saturated rings. The Morgan fingerprint density at radius 1 is 1.38 bits per heavy atom. The van der Waals surface area contributed by atoms with Crippen molar-refractivity contribution in [2.45, 2.75) is 4.90 Å². The fourth-order valence-corrected chi connectivity index (χ4v) is 2.84. The molecule has 112 valence electrons. The number of rotatable bonds is 4. The van der Waals surface area contributed by atoms with Crippen molar-refractivity contribution in [3.63, 3.8) is 0 Å². The van der Waals surface area contributed by atoms with Gasteiger partial charge in [0.1, 0.15) is 15.9 Å². The first-order valence-electron chi connectivity index (χ1n) is 5.49. The zero-order valence-electron chi connectivity index (χ0n) is 10.7. The third-order valence-electron chi connectivity index (χ3n) is 2.37. The lowest BCUT2D eigenvalue weighted by atomic mass is 10.3. The summed E-state index contributed by atoms with van der Waals surface area (Å²) in [6, 6.07) is 4.82. The van der Waals surface area contributed by atoms with Gasteiger partial charge in [-0.05, 0) is 12.1 Å². The topological polar surface area (TPSA) is 107 Å². The number of nitrogens with two attached hydrogens (primary N) is 1. The number of hydrogen-bond donors (Lipinski definition) is 2. The van der Waals surface area contributed by atoms with Crippen molar-refractivity contribution in [3.05, 3.63) is 35.2 Å². The number of anilines is 2. The van der Waals surface area contributed by atoms with Crippen LogP contribution in [0.1, 0.15) is 0 Å². The zero-order chi connectivity index (χ0) is 15.6. The Labute approximate surface area is 125 Å². The molecule has 0 saturated heterocycles. The van der Waals surface area contributed by atoms with E-state index in [9.17, 15) is 12.8 Å². The van der Waals surface area contributed by atoms with E-state index in [0.29, 0.717) is 0 Å². The fraction of sp³-hybridized carbons (Fsp3) is 0.0909. The van der Waals surface area contributed by atoms with Gasteiger partial charge < -0.3 is 10.5 Å². The highest BCUT2D eigenvalue weighted by Crippen LogP contribution is 2.24. The summed E-state index contributed by atoms with van der Waals surface area (Å²) in [6.07, 6.45) is 0. The highest BCUT2D eigenvalue weighted by molar-refractivity contribution is 7.92. The first-order chi connectivity index (χ1) is 9.83. The van der Waals surface area contributed by atoms with Crippen LogP contribution in [-0.4, -0.2) is 25.5 Å². The van der Waals surface area contributed by atoms with Gasteiger partial charge >= 0.3 is 0 Å². The van der Waals surface area contributed by atoms with Crippen molar-refractivity contribution in [3.8, 4) is 5.88 Å². The van der Waals surface area contributed by atoms with E-state index in [4.69, 9.17) is 22.1 Å². The highest BCUT2D eigenvalue weighted by Gasteiger charge is 2.23. The van der Waals surface area contributed by atoms with Crippen LogP contribution in [0.4, 0.5) is 16.0 Å². The minimum atomic E-state index is -4.31. The number of nitrogen functional groups attached to an aromatic ring is 1. The Hall–Kier alpha value is -2.13. The lowest BCUT2D eigenvalue weighted by Crippen LogP contribution is -2.18. The molecule has 3 N–H and O–H groups in total. The second-order valence-corrected chi connectivity index (χ2v) is 5.83. The molecular formula is C11H10ClFN4O3S. The van der Waals surface area contributed by atoms with Gasteiger partial charge in [-0.25, -0.2) is 22.5 Å². The smallest absolute Gasteiger partial charge is 0.269 e. The summed E-state index contributed by atoms with van der Waals surface area (Å²) in [4.78, 5) is 6.74. The summed E-state index contributed by atoms with van der Waals surface area (Å²) in [7, 11) is -2.98. The van der Waals surface area contributed by atoms with Gasteiger partial charge in [-0.1, -0.05) is 17.7 Å². The lowest BCUT2D eigenvalue weighted by Gasteiger charge is -2.10. The van der Waals surface area contributed by atoms with Crippen molar-refractivity contribution in [1.82, 2.24) is 9.97 Å². The minimum absolute atomic E-state index is 0.0407. The lowest BCUT2D eigenvalue weighted by molar-refractivity contribution is 0.397. The first kappa shape index (κ1) is 15.3. The molecule has 0 amide bonds. The quantitative estimate of drug-likeness (QED) is 0.651. The van der Waals surface area contributed by atoms with Crippen LogP contribution in [0.5, 0.6) is 5.88 Å². The van der Waals surface area contributed by atoms with Gasteiger partial charge in [0.25, 0.3) is 10.0 Å². The number of hydrogen-bond acceptors (Lipinski definition) is 6. The SMILES string of the molecule is COc1cc(Cl)nc(NS(=O)(=O)c2c(N)cccc2F)n1. The summed E-state index contributed by atoms with van der Waals surface area (Å²) in [5.41, 5.74) is 5.26. The molecule has 0 aliphatic rings. The maximum Gasteiger partial charge on any atom is 0.269 e. The van der Waals surface area contributed by atoms with Crippen LogP contribution in [0.15, 0.2) is 29.2 Å². The predicted molar refractivity (Wildman–Crippen MR) is 75.2 cm³/mol. The summed E-state index contributed by atoms with van der Waals surface area (Å²) in [5, 5.41) is -0.0407. The average Bonchev–Trinajstić information content (AvgIpc) is 2.36. The molecule has 0 unspecified atom stereocenters. The van der Waals surface area contributed by atoms with Gasteiger partial charge in [-0.15, -0.1) is 0 Å². The second-order valence-electron chi connectivity index (χ2n) is 3.82. The van der Waals surface area contributed by atoms with Gasteiger partial charge in [-0.3, -0.25) is 0 Å².